The van der Waals surface area contributed by atoms with E-state index in [4.69, 9.17) is 0 Å². The standard InChI is InChI=1S/C54H34B2N2S2/c1-7-25-47-39(19-1)40-20-2-8-26-48(40)57(47)37-17-13-15-35(33-37)55-43-23-5-11-29-51(43)59-53-45(55)31-32-46-54(53)60-52-30-12-6-24-44(52)56(46)36-16-14-18-38(34-36)58-49-27-9-3-21-41(49)42-22-4-10-28-50(42)58/h1-34H. The molecule has 11 aromatic rings. The first-order valence-corrected chi connectivity index (χ1v) is 22.3. The van der Waals surface area contributed by atoms with Gasteiger partial charge in [-0.25, -0.2) is 0 Å². The van der Waals surface area contributed by atoms with Crippen LogP contribution in [0.5, 0.6) is 0 Å². The summed E-state index contributed by atoms with van der Waals surface area (Å²) in [6.45, 7) is 0.177. The van der Waals surface area contributed by atoms with Crippen molar-refractivity contribution in [1.29, 1.82) is 0 Å². The van der Waals surface area contributed by atoms with Crippen LogP contribution in [0.15, 0.2) is 226 Å². The predicted molar refractivity (Wildman–Crippen MR) is 258 cm³/mol. The highest BCUT2D eigenvalue weighted by Crippen LogP contribution is 2.41. The number of aromatic nitrogens is 2. The molecule has 0 spiro atoms. The van der Waals surface area contributed by atoms with E-state index in [1.165, 1.54) is 107 Å². The molecular formula is C54H34B2N2S2. The van der Waals surface area contributed by atoms with Gasteiger partial charge in [0.25, 0.3) is 0 Å². The molecule has 2 nitrogen and oxygen atoms in total. The van der Waals surface area contributed by atoms with Crippen LogP contribution >= 0.6 is 23.5 Å². The monoisotopic (exact) mass is 796 g/mol. The minimum Gasteiger partial charge on any atom is -0.309 e. The third-order valence-electron chi connectivity index (χ3n) is 12.8. The Balaban J connectivity index is 0.987. The number of rotatable bonds is 4. The van der Waals surface area contributed by atoms with Crippen LogP contribution in [0, 0.1) is 0 Å². The lowest BCUT2D eigenvalue weighted by Gasteiger charge is -2.33. The Hall–Kier alpha value is -6.59. The third kappa shape index (κ3) is 5.08. The van der Waals surface area contributed by atoms with Gasteiger partial charge in [0.05, 0.1) is 22.1 Å². The molecule has 0 N–H and O–H groups in total. The summed E-state index contributed by atoms with van der Waals surface area (Å²) in [6, 6.07) is 76.8. The minimum absolute atomic E-state index is 0.0886. The van der Waals surface area contributed by atoms with Gasteiger partial charge in [0.15, 0.2) is 0 Å². The average molecular weight is 797 g/mol. The molecule has 6 heteroatoms. The number of para-hydroxylation sites is 4. The lowest BCUT2D eigenvalue weighted by Crippen LogP contribution is -2.58. The van der Waals surface area contributed by atoms with E-state index in [-0.39, 0.29) is 13.4 Å². The Morgan fingerprint density at radius 1 is 0.300 bits per heavy atom. The Morgan fingerprint density at radius 2 is 0.650 bits per heavy atom. The zero-order chi connectivity index (χ0) is 39.3. The van der Waals surface area contributed by atoms with Crippen molar-refractivity contribution in [2.45, 2.75) is 19.6 Å². The van der Waals surface area contributed by atoms with Gasteiger partial charge >= 0.3 is 0 Å². The fraction of sp³-hybridized carbons (Fsp3) is 0. The highest BCUT2D eigenvalue weighted by Gasteiger charge is 2.38. The van der Waals surface area contributed by atoms with Gasteiger partial charge in [0, 0.05) is 52.5 Å². The third-order valence-corrected chi connectivity index (χ3v) is 15.4. The van der Waals surface area contributed by atoms with Crippen molar-refractivity contribution in [2.24, 2.45) is 0 Å². The summed E-state index contributed by atoms with van der Waals surface area (Å²) in [7, 11) is 0. The molecule has 13 rings (SSSR count). The maximum absolute atomic E-state index is 2.45. The molecule has 278 valence electrons. The second kappa shape index (κ2) is 13.5. The smallest absolute Gasteiger partial charge is 0.244 e. The fourth-order valence-electron chi connectivity index (χ4n) is 10.2. The number of hydrogen-bond donors (Lipinski definition) is 0. The van der Waals surface area contributed by atoms with Crippen molar-refractivity contribution in [3.05, 3.63) is 206 Å². The number of hydrogen-bond acceptors (Lipinski definition) is 2. The Bertz CT molecular complexity index is 3210. The molecule has 60 heavy (non-hydrogen) atoms. The summed E-state index contributed by atoms with van der Waals surface area (Å²) >= 11 is 3.89. The summed E-state index contributed by atoms with van der Waals surface area (Å²) < 4.78 is 4.88. The van der Waals surface area contributed by atoms with Crippen molar-refractivity contribution in [3.63, 3.8) is 0 Å². The number of nitrogens with zero attached hydrogens (tertiary/aromatic N) is 2. The molecule has 0 amide bonds. The maximum atomic E-state index is 2.45. The molecule has 0 saturated heterocycles. The molecule has 2 aliphatic rings. The highest BCUT2D eigenvalue weighted by molar-refractivity contribution is 8.03. The second-order valence-electron chi connectivity index (χ2n) is 16.0. The van der Waals surface area contributed by atoms with Crippen LogP contribution in [0.4, 0.5) is 0 Å². The zero-order valence-electron chi connectivity index (χ0n) is 32.5. The van der Waals surface area contributed by atoms with Crippen molar-refractivity contribution >= 4 is 113 Å². The van der Waals surface area contributed by atoms with Crippen molar-refractivity contribution in [1.82, 2.24) is 9.13 Å². The van der Waals surface area contributed by atoms with E-state index in [2.05, 4.69) is 215 Å². The Labute approximate surface area is 357 Å². The molecule has 0 unspecified atom stereocenters. The fourth-order valence-corrected chi connectivity index (χ4v) is 12.9. The predicted octanol–water partition coefficient (Wildman–Crippen LogP) is 9.84. The zero-order valence-corrected chi connectivity index (χ0v) is 34.1. The molecule has 0 aliphatic carbocycles. The molecule has 0 bridgehead atoms. The van der Waals surface area contributed by atoms with E-state index in [1.807, 2.05) is 23.5 Å². The molecule has 0 fully saturated rings. The molecule has 2 aliphatic heterocycles. The quantitative estimate of drug-likeness (QED) is 0.164. The van der Waals surface area contributed by atoms with Crippen LogP contribution in [-0.4, -0.2) is 22.6 Å². The lowest BCUT2D eigenvalue weighted by molar-refractivity contribution is 1.18. The van der Waals surface area contributed by atoms with Crippen molar-refractivity contribution in [2.75, 3.05) is 0 Å². The minimum atomic E-state index is 0.0886. The summed E-state index contributed by atoms with van der Waals surface area (Å²) in [5.41, 5.74) is 15.4. The van der Waals surface area contributed by atoms with Crippen molar-refractivity contribution < 1.29 is 0 Å². The van der Waals surface area contributed by atoms with Gasteiger partial charge in [-0.15, -0.1) is 0 Å². The topological polar surface area (TPSA) is 9.86 Å². The van der Waals surface area contributed by atoms with Crippen molar-refractivity contribution in [3.8, 4) is 11.4 Å². The van der Waals surface area contributed by atoms with Crippen LogP contribution in [0.3, 0.4) is 0 Å². The summed E-state index contributed by atoms with van der Waals surface area (Å²) in [5.74, 6) is 0. The Kier molecular flexibility index (Phi) is 7.70. The van der Waals surface area contributed by atoms with E-state index < -0.39 is 0 Å². The van der Waals surface area contributed by atoms with Gasteiger partial charge < -0.3 is 9.13 Å². The normalized spacial score (nSPS) is 13.1. The molecule has 0 saturated carbocycles. The molecule has 4 heterocycles. The molecule has 9 aromatic carbocycles. The van der Waals surface area contributed by atoms with Gasteiger partial charge in [-0.05, 0) is 60.7 Å². The summed E-state index contributed by atoms with van der Waals surface area (Å²) in [5, 5.41) is 5.12. The van der Waals surface area contributed by atoms with Gasteiger partial charge in [0.1, 0.15) is 0 Å². The first-order chi connectivity index (χ1) is 29.8. The Morgan fingerprint density at radius 3 is 1.05 bits per heavy atom. The van der Waals surface area contributed by atoms with E-state index in [9.17, 15) is 0 Å². The van der Waals surface area contributed by atoms with Crippen LogP contribution in [0.1, 0.15) is 0 Å². The average Bonchev–Trinajstić information content (AvgIpc) is 3.83. The molecular weight excluding hydrogens is 762 g/mol. The first-order valence-electron chi connectivity index (χ1n) is 20.7. The largest absolute Gasteiger partial charge is 0.309 e. The van der Waals surface area contributed by atoms with Gasteiger partial charge in [0.2, 0.25) is 13.4 Å². The van der Waals surface area contributed by atoms with E-state index >= 15 is 0 Å². The molecule has 0 radical (unpaired) electrons. The maximum Gasteiger partial charge on any atom is 0.244 e. The molecule has 2 aromatic heterocycles. The lowest BCUT2D eigenvalue weighted by atomic mass is 9.34. The number of benzene rings is 9. The van der Waals surface area contributed by atoms with Crippen LogP contribution in [0.25, 0.3) is 55.0 Å². The van der Waals surface area contributed by atoms with Gasteiger partial charge in [-0.3, -0.25) is 0 Å². The van der Waals surface area contributed by atoms with Gasteiger partial charge in [-0.1, -0.05) is 202 Å². The van der Waals surface area contributed by atoms with E-state index in [0.29, 0.717) is 0 Å². The summed E-state index contributed by atoms with van der Waals surface area (Å²) in [6.07, 6.45) is 0. The van der Waals surface area contributed by atoms with Crippen LogP contribution in [0.2, 0.25) is 0 Å². The van der Waals surface area contributed by atoms with Gasteiger partial charge in [-0.2, -0.15) is 0 Å². The summed E-state index contributed by atoms with van der Waals surface area (Å²) in [4.78, 5) is 5.41. The second-order valence-corrected chi connectivity index (χ2v) is 18.1. The van der Waals surface area contributed by atoms with Crippen LogP contribution < -0.4 is 32.8 Å². The van der Waals surface area contributed by atoms with E-state index in [0.717, 1.165) is 0 Å². The van der Waals surface area contributed by atoms with Crippen LogP contribution in [-0.2, 0) is 0 Å². The number of fused-ring (bicyclic) bond motifs is 11. The highest BCUT2D eigenvalue weighted by atomic mass is 32.2. The van der Waals surface area contributed by atoms with E-state index in [1.54, 1.807) is 0 Å². The first kappa shape index (κ1) is 34.3. The SMILES string of the molecule is c1cc(B2c3ccccc3Sc3c2ccc2c3Sc3ccccc3B2c2cccc(-n3c4ccccc4c4ccccc43)c2)cc(-n2c3ccccc3c3ccccc32)c1. The molecule has 0 atom stereocenters.